The van der Waals surface area contributed by atoms with Crippen molar-refractivity contribution in [3.63, 3.8) is 0 Å². The van der Waals surface area contributed by atoms with E-state index in [4.69, 9.17) is 14.5 Å². The first kappa shape index (κ1) is 20.0. The van der Waals surface area contributed by atoms with E-state index in [-0.39, 0.29) is 0 Å². The van der Waals surface area contributed by atoms with E-state index < -0.39 is 0 Å². The number of ether oxygens (including phenoxy) is 1. The van der Waals surface area contributed by atoms with E-state index in [9.17, 15) is 0 Å². The zero-order chi connectivity index (χ0) is 20.1. The standard InChI is InChI=1S/C25H31NO3/c1-3-15-28-23-12-8-7-11-21(23)25-24(19-9-5-4-6-10-19)20-14-13-18(17-29-27-2)16-22(20)26-25/h7-8,11-14,16,19,26H,3-6,9-10,15,17H2,1-2H3. The maximum Gasteiger partial charge on any atom is 0.128 e. The van der Waals surface area contributed by atoms with E-state index >= 15 is 0 Å². The van der Waals surface area contributed by atoms with Gasteiger partial charge in [0.1, 0.15) is 12.4 Å². The molecule has 1 aliphatic rings. The summed E-state index contributed by atoms with van der Waals surface area (Å²) in [4.78, 5) is 13.6. The number of hydrogen-bond donors (Lipinski definition) is 1. The highest BCUT2D eigenvalue weighted by Crippen LogP contribution is 2.44. The van der Waals surface area contributed by atoms with Crippen LogP contribution < -0.4 is 4.74 Å². The van der Waals surface area contributed by atoms with Gasteiger partial charge in [-0.1, -0.05) is 50.5 Å². The number of fused-ring (bicyclic) bond motifs is 1. The third kappa shape index (κ3) is 4.34. The first-order valence-corrected chi connectivity index (χ1v) is 10.8. The highest BCUT2D eigenvalue weighted by atomic mass is 17.2. The molecule has 1 N–H and O–H groups in total. The van der Waals surface area contributed by atoms with Gasteiger partial charge in [-0.3, -0.25) is 0 Å². The lowest BCUT2D eigenvalue weighted by molar-refractivity contribution is -0.282. The van der Waals surface area contributed by atoms with Crippen molar-refractivity contribution in [3.05, 3.63) is 53.6 Å². The summed E-state index contributed by atoms with van der Waals surface area (Å²) in [6.07, 6.45) is 7.48. The average Bonchev–Trinajstić information content (AvgIpc) is 3.15. The van der Waals surface area contributed by atoms with E-state index in [0.717, 1.165) is 35.4 Å². The molecule has 0 aliphatic heterocycles. The Bertz CT molecular complexity index is 940. The van der Waals surface area contributed by atoms with Gasteiger partial charge in [0.05, 0.1) is 19.4 Å². The smallest absolute Gasteiger partial charge is 0.128 e. The van der Waals surface area contributed by atoms with Crippen molar-refractivity contribution in [2.75, 3.05) is 13.7 Å². The SMILES string of the molecule is CCCOc1ccccc1-c1[nH]c2cc(COOC)ccc2c1C1CCCCC1. The molecule has 0 amide bonds. The number of H-pyrrole nitrogens is 1. The third-order valence-corrected chi connectivity index (χ3v) is 5.88. The fourth-order valence-corrected chi connectivity index (χ4v) is 4.52. The minimum Gasteiger partial charge on any atom is -0.493 e. The molecule has 0 saturated heterocycles. The molecule has 154 valence electrons. The highest BCUT2D eigenvalue weighted by Gasteiger charge is 2.25. The van der Waals surface area contributed by atoms with E-state index in [1.165, 1.54) is 48.7 Å². The Labute approximate surface area is 173 Å². The predicted octanol–water partition coefficient (Wildman–Crippen LogP) is 6.75. The second-order valence-electron chi connectivity index (χ2n) is 7.90. The number of rotatable bonds is 8. The van der Waals surface area contributed by atoms with Crippen LogP contribution in [0.25, 0.3) is 22.2 Å². The Morgan fingerprint density at radius 2 is 1.86 bits per heavy atom. The topological polar surface area (TPSA) is 43.5 Å². The van der Waals surface area contributed by atoms with Crippen LogP contribution in [0.4, 0.5) is 0 Å². The Kier molecular flexibility index (Phi) is 6.53. The Morgan fingerprint density at radius 3 is 2.66 bits per heavy atom. The van der Waals surface area contributed by atoms with Crippen molar-refractivity contribution < 1.29 is 14.5 Å². The summed E-state index contributed by atoms with van der Waals surface area (Å²) in [5.74, 6) is 1.55. The Hall–Kier alpha value is -2.30. The minimum atomic E-state index is 0.440. The van der Waals surface area contributed by atoms with Gasteiger partial charge < -0.3 is 9.72 Å². The predicted molar refractivity (Wildman–Crippen MR) is 117 cm³/mol. The summed E-state index contributed by atoms with van der Waals surface area (Å²) in [6, 6.07) is 15.0. The third-order valence-electron chi connectivity index (χ3n) is 5.88. The molecule has 1 fully saturated rings. The number of hydrogen-bond acceptors (Lipinski definition) is 3. The molecule has 29 heavy (non-hydrogen) atoms. The molecule has 4 heteroatoms. The van der Waals surface area contributed by atoms with E-state index in [1.807, 2.05) is 0 Å². The molecule has 4 rings (SSSR count). The van der Waals surface area contributed by atoms with Gasteiger partial charge in [-0.25, -0.2) is 9.78 Å². The monoisotopic (exact) mass is 393 g/mol. The molecule has 0 spiro atoms. The fraction of sp³-hybridized carbons (Fsp3) is 0.440. The van der Waals surface area contributed by atoms with Crippen LogP contribution in [0.3, 0.4) is 0 Å². The first-order valence-electron chi connectivity index (χ1n) is 10.8. The van der Waals surface area contributed by atoms with Gasteiger partial charge in [0.2, 0.25) is 0 Å². The summed E-state index contributed by atoms with van der Waals surface area (Å²) in [6.45, 7) is 3.31. The number of benzene rings is 2. The quantitative estimate of drug-likeness (QED) is 0.340. The van der Waals surface area contributed by atoms with Gasteiger partial charge in [0, 0.05) is 16.5 Å². The summed E-state index contributed by atoms with van der Waals surface area (Å²) >= 11 is 0. The van der Waals surface area contributed by atoms with Gasteiger partial charge in [-0.05, 0) is 54.5 Å². The van der Waals surface area contributed by atoms with Crippen LogP contribution in [0.15, 0.2) is 42.5 Å². The van der Waals surface area contributed by atoms with E-state index in [0.29, 0.717) is 12.5 Å². The molecule has 0 bridgehead atoms. The minimum absolute atomic E-state index is 0.440. The zero-order valence-corrected chi connectivity index (χ0v) is 17.5. The van der Waals surface area contributed by atoms with Crippen molar-refractivity contribution in [1.82, 2.24) is 4.98 Å². The van der Waals surface area contributed by atoms with Crippen molar-refractivity contribution in [3.8, 4) is 17.0 Å². The van der Waals surface area contributed by atoms with Crippen LogP contribution >= 0.6 is 0 Å². The molecule has 2 aromatic carbocycles. The van der Waals surface area contributed by atoms with Gasteiger partial charge >= 0.3 is 0 Å². The van der Waals surface area contributed by atoms with Crippen LogP contribution in [0, 0.1) is 0 Å². The van der Waals surface area contributed by atoms with Crippen LogP contribution in [0.2, 0.25) is 0 Å². The van der Waals surface area contributed by atoms with Crippen molar-refractivity contribution in [2.45, 2.75) is 58.0 Å². The van der Waals surface area contributed by atoms with Gasteiger partial charge in [0.25, 0.3) is 0 Å². The van der Waals surface area contributed by atoms with E-state index in [1.54, 1.807) is 7.11 Å². The summed E-state index contributed by atoms with van der Waals surface area (Å²) < 4.78 is 6.10. The van der Waals surface area contributed by atoms with Gasteiger partial charge in [-0.15, -0.1) is 0 Å². The zero-order valence-electron chi connectivity index (χ0n) is 17.5. The molecule has 0 radical (unpaired) electrons. The van der Waals surface area contributed by atoms with Gasteiger partial charge in [-0.2, -0.15) is 0 Å². The number of aromatic amines is 1. The lowest BCUT2D eigenvalue weighted by Crippen LogP contribution is -2.06. The van der Waals surface area contributed by atoms with Crippen LogP contribution in [0.1, 0.15) is 62.5 Å². The maximum atomic E-state index is 6.10. The maximum absolute atomic E-state index is 6.10. The Balaban J connectivity index is 1.83. The summed E-state index contributed by atoms with van der Waals surface area (Å²) in [7, 11) is 1.54. The lowest BCUT2D eigenvalue weighted by Gasteiger charge is -2.23. The molecule has 1 aliphatic carbocycles. The largest absolute Gasteiger partial charge is 0.493 e. The first-order chi connectivity index (χ1) is 14.3. The van der Waals surface area contributed by atoms with Crippen molar-refractivity contribution >= 4 is 10.9 Å². The molecule has 1 aromatic heterocycles. The second-order valence-corrected chi connectivity index (χ2v) is 7.90. The van der Waals surface area contributed by atoms with Crippen LogP contribution in [0.5, 0.6) is 5.75 Å². The summed E-state index contributed by atoms with van der Waals surface area (Å²) in [5.41, 5.74) is 6.07. The lowest BCUT2D eigenvalue weighted by atomic mass is 9.81. The van der Waals surface area contributed by atoms with E-state index in [2.05, 4.69) is 54.4 Å². The van der Waals surface area contributed by atoms with Crippen molar-refractivity contribution in [2.24, 2.45) is 0 Å². The average molecular weight is 394 g/mol. The summed E-state index contributed by atoms with van der Waals surface area (Å²) in [5, 5.41) is 1.32. The molecule has 1 saturated carbocycles. The second kappa shape index (κ2) is 9.47. The molecule has 1 heterocycles. The van der Waals surface area contributed by atoms with Crippen LogP contribution in [-0.2, 0) is 16.4 Å². The van der Waals surface area contributed by atoms with Gasteiger partial charge in [0.15, 0.2) is 0 Å². The number of para-hydroxylation sites is 1. The fourth-order valence-electron chi connectivity index (χ4n) is 4.52. The molecule has 0 atom stereocenters. The molecular weight excluding hydrogens is 362 g/mol. The van der Waals surface area contributed by atoms with Crippen molar-refractivity contribution in [1.29, 1.82) is 0 Å². The number of nitrogens with one attached hydrogen (secondary N) is 1. The normalized spacial score (nSPS) is 15.1. The number of aromatic nitrogens is 1. The highest BCUT2D eigenvalue weighted by molar-refractivity contribution is 5.93. The Morgan fingerprint density at radius 1 is 1.03 bits per heavy atom. The molecule has 4 nitrogen and oxygen atoms in total. The molecule has 0 unspecified atom stereocenters. The molecular formula is C25H31NO3. The van der Waals surface area contributed by atoms with Crippen LogP contribution in [-0.4, -0.2) is 18.7 Å². The molecule has 3 aromatic rings.